The fraction of sp³-hybridized carbons (Fsp3) is 0.944. The first-order valence-electron chi connectivity index (χ1n) is 9.09. The van der Waals surface area contributed by atoms with E-state index < -0.39 is 0 Å². The lowest BCUT2D eigenvalue weighted by Gasteiger charge is -2.42. The third kappa shape index (κ3) is 3.28. The maximum atomic E-state index is 13.0. The summed E-state index contributed by atoms with van der Waals surface area (Å²) in [5, 5.41) is 3.65. The van der Waals surface area contributed by atoms with E-state index >= 15 is 0 Å². The number of carbonyl (C=O) groups is 1. The van der Waals surface area contributed by atoms with Crippen LogP contribution in [0.5, 0.6) is 0 Å². The van der Waals surface area contributed by atoms with Gasteiger partial charge in [0.15, 0.2) is 0 Å². The molecule has 122 valence electrons. The van der Waals surface area contributed by atoms with Crippen molar-refractivity contribution in [2.45, 2.75) is 91.4 Å². The highest BCUT2D eigenvalue weighted by Gasteiger charge is 2.46. The van der Waals surface area contributed by atoms with Gasteiger partial charge in [-0.15, -0.1) is 0 Å². The Morgan fingerprint density at radius 3 is 2.62 bits per heavy atom. The van der Waals surface area contributed by atoms with Crippen molar-refractivity contribution in [3.05, 3.63) is 0 Å². The maximum Gasteiger partial charge on any atom is 0.241 e. The van der Waals surface area contributed by atoms with Crippen molar-refractivity contribution in [1.29, 1.82) is 0 Å². The molecule has 0 spiro atoms. The van der Waals surface area contributed by atoms with Crippen LogP contribution in [0.3, 0.4) is 0 Å². The number of carbonyl (C=O) groups excluding carboxylic acids is 1. The highest BCUT2D eigenvalue weighted by molar-refractivity contribution is 5.85. The average molecular weight is 294 g/mol. The van der Waals surface area contributed by atoms with Crippen LogP contribution in [0.15, 0.2) is 0 Å². The van der Waals surface area contributed by atoms with Gasteiger partial charge in [0.2, 0.25) is 5.91 Å². The smallest absolute Gasteiger partial charge is 0.241 e. The van der Waals surface area contributed by atoms with E-state index in [1.165, 1.54) is 19.3 Å². The van der Waals surface area contributed by atoms with E-state index in [0.717, 1.165) is 25.2 Å². The third-order valence-corrected chi connectivity index (χ3v) is 6.02. The quantitative estimate of drug-likeness (QED) is 0.837. The maximum absolute atomic E-state index is 13.0. The number of hydrogen-bond donors (Lipinski definition) is 1. The van der Waals surface area contributed by atoms with Gasteiger partial charge in [-0.05, 0) is 30.6 Å². The van der Waals surface area contributed by atoms with E-state index in [-0.39, 0.29) is 12.2 Å². The standard InChI is InChI=1S/C18H34N2O/c1-6-9-16-19-17(12(3)7-2)18(21)20(16)15-11-8-10-13(4)14(15)5/h12-17,19H,6-11H2,1-5H3. The van der Waals surface area contributed by atoms with Crippen LogP contribution in [-0.4, -0.2) is 29.1 Å². The molecule has 21 heavy (non-hydrogen) atoms. The van der Waals surface area contributed by atoms with Crippen LogP contribution >= 0.6 is 0 Å². The molecule has 3 nitrogen and oxygen atoms in total. The van der Waals surface area contributed by atoms with Gasteiger partial charge in [0.25, 0.3) is 0 Å². The van der Waals surface area contributed by atoms with Gasteiger partial charge in [0, 0.05) is 6.04 Å². The molecule has 0 radical (unpaired) electrons. The van der Waals surface area contributed by atoms with Gasteiger partial charge < -0.3 is 4.90 Å². The molecule has 2 aliphatic rings. The summed E-state index contributed by atoms with van der Waals surface area (Å²) in [6.45, 7) is 11.3. The second-order valence-corrected chi connectivity index (χ2v) is 7.41. The Hall–Kier alpha value is -0.570. The molecule has 6 atom stereocenters. The van der Waals surface area contributed by atoms with Gasteiger partial charge in [-0.1, -0.05) is 60.3 Å². The van der Waals surface area contributed by atoms with Gasteiger partial charge >= 0.3 is 0 Å². The molecule has 2 fully saturated rings. The molecule has 6 unspecified atom stereocenters. The van der Waals surface area contributed by atoms with Crippen LogP contribution in [0.2, 0.25) is 0 Å². The van der Waals surface area contributed by atoms with Crippen molar-refractivity contribution in [2.24, 2.45) is 17.8 Å². The number of amides is 1. The van der Waals surface area contributed by atoms with Gasteiger partial charge in [-0.2, -0.15) is 0 Å². The van der Waals surface area contributed by atoms with Gasteiger partial charge in [0.05, 0.1) is 12.2 Å². The summed E-state index contributed by atoms with van der Waals surface area (Å²) in [6, 6.07) is 0.482. The molecule has 0 bridgehead atoms. The number of hydrogen-bond acceptors (Lipinski definition) is 2. The van der Waals surface area contributed by atoms with Crippen LogP contribution in [0.4, 0.5) is 0 Å². The summed E-state index contributed by atoms with van der Waals surface area (Å²) in [5.41, 5.74) is 0. The SMILES string of the molecule is CCCC1NC(C(C)CC)C(=O)N1C1CCCC(C)C1C. The van der Waals surface area contributed by atoms with E-state index in [1.807, 2.05) is 0 Å². The molecule has 3 heteroatoms. The summed E-state index contributed by atoms with van der Waals surface area (Å²) in [5.74, 6) is 2.16. The monoisotopic (exact) mass is 294 g/mol. The number of rotatable bonds is 5. The fourth-order valence-electron chi connectivity index (χ4n) is 4.15. The summed E-state index contributed by atoms with van der Waals surface area (Å²) in [7, 11) is 0. The molecule has 0 aromatic rings. The Balaban J connectivity index is 2.19. The summed E-state index contributed by atoms with van der Waals surface area (Å²) in [6.07, 6.45) is 7.31. The van der Waals surface area contributed by atoms with Crippen LogP contribution in [0, 0.1) is 17.8 Å². The Kier molecular flexibility index (Phi) is 5.70. The zero-order chi connectivity index (χ0) is 15.6. The molecule has 1 aliphatic heterocycles. The van der Waals surface area contributed by atoms with Crippen molar-refractivity contribution >= 4 is 5.91 Å². The van der Waals surface area contributed by atoms with Crippen molar-refractivity contribution in [1.82, 2.24) is 10.2 Å². The van der Waals surface area contributed by atoms with Crippen LogP contribution < -0.4 is 5.32 Å². The molecular weight excluding hydrogens is 260 g/mol. The lowest BCUT2D eigenvalue weighted by Crippen LogP contribution is -2.50. The predicted molar refractivity (Wildman–Crippen MR) is 87.9 cm³/mol. The second-order valence-electron chi connectivity index (χ2n) is 7.41. The number of nitrogens with one attached hydrogen (secondary N) is 1. The molecule has 1 amide bonds. The Morgan fingerprint density at radius 1 is 1.29 bits per heavy atom. The van der Waals surface area contributed by atoms with E-state index in [4.69, 9.17) is 0 Å². The Bertz CT molecular complexity index is 357. The van der Waals surface area contributed by atoms with E-state index in [9.17, 15) is 4.79 Å². The van der Waals surface area contributed by atoms with E-state index in [2.05, 4.69) is 44.8 Å². The molecule has 1 saturated carbocycles. The van der Waals surface area contributed by atoms with Crippen LogP contribution in [-0.2, 0) is 4.79 Å². The predicted octanol–water partition coefficient (Wildman–Crippen LogP) is 3.78. The average Bonchev–Trinajstić information content (AvgIpc) is 2.78. The van der Waals surface area contributed by atoms with Crippen molar-refractivity contribution in [2.75, 3.05) is 0 Å². The molecule has 0 aromatic carbocycles. The molecule has 0 aromatic heterocycles. The zero-order valence-corrected chi connectivity index (χ0v) is 14.6. The highest BCUT2D eigenvalue weighted by Crippen LogP contribution is 2.36. The van der Waals surface area contributed by atoms with Crippen molar-refractivity contribution < 1.29 is 4.79 Å². The lowest BCUT2D eigenvalue weighted by atomic mass is 9.77. The minimum atomic E-state index is 0.0379. The molecule has 1 N–H and O–H groups in total. The first-order valence-corrected chi connectivity index (χ1v) is 9.09. The summed E-state index contributed by atoms with van der Waals surface area (Å²) in [4.78, 5) is 15.3. The van der Waals surface area contributed by atoms with Crippen LogP contribution in [0.1, 0.15) is 73.1 Å². The van der Waals surface area contributed by atoms with E-state index in [0.29, 0.717) is 23.8 Å². The van der Waals surface area contributed by atoms with Gasteiger partial charge in [-0.3, -0.25) is 10.1 Å². The van der Waals surface area contributed by atoms with Crippen molar-refractivity contribution in [3.8, 4) is 0 Å². The van der Waals surface area contributed by atoms with Gasteiger partial charge in [0.1, 0.15) is 0 Å². The first-order chi connectivity index (χ1) is 10.0. The Labute approximate surface area is 130 Å². The largest absolute Gasteiger partial charge is 0.323 e. The normalized spacial score (nSPS) is 38.8. The van der Waals surface area contributed by atoms with Crippen LogP contribution in [0.25, 0.3) is 0 Å². The number of nitrogens with zero attached hydrogens (tertiary/aromatic N) is 1. The molecule has 1 saturated heterocycles. The topological polar surface area (TPSA) is 32.3 Å². The Morgan fingerprint density at radius 2 is 2.00 bits per heavy atom. The lowest BCUT2D eigenvalue weighted by molar-refractivity contribution is -0.135. The molecular formula is C18H34N2O. The minimum absolute atomic E-state index is 0.0379. The second kappa shape index (κ2) is 7.13. The molecule has 1 aliphatic carbocycles. The molecule has 2 rings (SSSR count). The van der Waals surface area contributed by atoms with Crippen molar-refractivity contribution in [3.63, 3.8) is 0 Å². The fourth-order valence-corrected chi connectivity index (χ4v) is 4.15. The first kappa shape index (κ1) is 16.8. The summed E-state index contributed by atoms with van der Waals surface area (Å²) >= 11 is 0. The third-order valence-electron chi connectivity index (χ3n) is 6.02. The highest BCUT2D eigenvalue weighted by atomic mass is 16.2. The summed E-state index contributed by atoms with van der Waals surface area (Å²) < 4.78 is 0. The zero-order valence-electron chi connectivity index (χ0n) is 14.6. The minimum Gasteiger partial charge on any atom is -0.323 e. The van der Waals surface area contributed by atoms with Gasteiger partial charge in [-0.25, -0.2) is 0 Å². The molecule has 1 heterocycles. The van der Waals surface area contributed by atoms with E-state index in [1.54, 1.807) is 0 Å².